The largest absolute Gasteiger partial charge is 0.478 e. The zero-order valence-corrected chi connectivity index (χ0v) is 15.3. The summed E-state index contributed by atoms with van der Waals surface area (Å²) in [7, 11) is 0. The van der Waals surface area contributed by atoms with E-state index >= 15 is 0 Å². The second kappa shape index (κ2) is 7.55. The number of hydrogen-bond donors (Lipinski definition) is 2. The van der Waals surface area contributed by atoms with Crippen molar-refractivity contribution in [3.63, 3.8) is 0 Å². The number of carboxylic acid groups (broad SMARTS) is 1. The summed E-state index contributed by atoms with van der Waals surface area (Å²) in [5, 5.41) is 11.1. The van der Waals surface area contributed by atoms with Gasteiger partial charge in [-0.15, -0.1) is 0 Å². The standard InChI is InChI=1S/C22H14F3NO4/c23-16-9-17(18(21(27)28)20(25)19(16)24)26-22(29)30-10-15-13-7-3-1-5-11(13)12-6-2-4-8-14(12)15/h1-9,15H,10H2,(H,26,29)(H,27,28). The van der Waals surface area contributed by atoms with Crippen LogP contribution in [0.3, 0.4) is 0 Å². The highest BCUT2D eigenvalue weighted by Gasteiger charge is 2.30. The van der Waals surface area contributed by atoms with Crippen LogP contribution in [0.5, 0.6) is 0 Å². The van der Waals surface area contributed by atoms with Crippen molar-refractivity contribution in [3.05, 3.63) is 88.7 Å². The molecule has 5 nitrogen and oxygen atoms in total. The lowest BCUT2D eigenvalue weighted by atomic mass is 9.98. The fourth-order valence-electron chi connectivity index (χ4n) is 3.65. The number of anilines is 1. The van der Waals surface area contributed by atoms with Gasteiger partial charge in [0.25, 0.3) is 0 Å². The van der Waals surface area contributed by atoms with Crippen LogP contribution in [0.4, 0.5) is 23.7 Å². The van der Waals surface area contributed by atoms with Gasteiger partial charge in [-0.3, -0.25) is 5.32 Å². The number of benzene rings is 3. The number of fused-ring (bicyclic) bond motifs is 3. The second-order valence-electron chi connectivity index (χ2n) is 6.66. The average Bonchev–Trinajstić information content (AvgIpc) is 3.04. The molecule has 1 amide bonds. The zero-order valence-electron chi connectivity index (χ0n) is 15.3. The SMILES string of the molecule is O=C(Nc1cc(F)c(F)c(F)c1C(=O)O)OCC1c2ccccc2-c2ccccc21. The predicted octanol–water partition coefficient (Wildman–Crippen LogP) is 5.16. The molecule has 0 saturated heterocycles. The summed E-state index contributed by atoms with van der Waals surface area (Å²) in [6.45, 7) is -0.0889. The fraction of sp³-hybridized carbons (Fsp3) is 0.0909. The molecule has 0 heterocycles. The Hall–Kier alpha value is -3.81. The van der Waals surface area contributed by atoms with Gasteiger partial charge in [0.05, 0.1) is 5.69 Å². The maximum Gasteiger partial charge on any atom is 0.411 e. The summed E-state index contributed by atoms with van der Waals surface area (Å²) in [5.41, 5.74) is 2.00. The lowest BCUT2D eigenvalue weighted by Gasteiger charge is -2.15. The van der Waals surface area contributed by atoms with Crippen LogP contribution in [0.15, 0.2) is 54.6 Å². The molecule has 0 atom stereocenters. The van der Waals surface area contributed by atoms with E-state index in [1.165, 1.54) is 0 Å². The van der Waals surface area contributed by atoms with Crippen LogP contribution in [0.25, 0.3) is 11.1 Å². The van der Waals surface area contributed by atoms with Crippen LogP contribution in [0.2, 0.25) is 0 Å². The number of aromatic carboxylic acids is 1. The number of carbonyl (C=O) groups is 2. The minimum atomic E-state index is -1.94. The molecule has 3 aromatic rings. The first-order valence-corrected chi connectivity index (χ1v) is 8.91. The van der Waals surface area contributed by atoms with E-state index in [1.807, 2.05) is 53.8 Å². The minimum Gasteiger partial charge on any atom is -0.478 e. The highest BCUT2D eigenvalue weighted by atomic mass is 19.2. The van der Waals surface area contributed by atoms with E-state index in [0.29, 0.717) is 6.07 Å². The number of amides is 1. The lowest BCUT2D eigenvalue weighted by Crippen LogP contribution is -2.20. The number of hydrogen-bond acceptors (Lipinski definition) is 3. The van der Waals surface area contributed by atoms with Gasteiger partial charge >= 0.3 is 12.1 Å². The molecule has 0 spiro atoms. The third-order valence-corrected chi connectivity index (χ3v) is 4.96. The van der Waals surface area contributed by atoms with Gasteiger partial charge in [0.2, 0.25) is 0 Å². The van der Waals surface area contributed by atoms with Gasteiger partial charge in [-0.25, -0.2) is 22.8 Å². The highest BCUT2D eigenvalue weighted by Crippen LogP contribution is 2.44. The molecule has 0 aromatic heterocycles. The Morgan fingerprint density at radius 1 is 0.933 bits per heavy atom. The molecule has 0 fully saturated rings. The number of ether oxygens (including phenoxy) is 1. The van der Waals surface area contributed by atoms with E-state index in [1.54, 1.807) is 0 Å². The topological polar surface area (TPSA) is 75.6 Å². The van der Waals surface area contributed by atoms with Crippen LogP contribution in [-0.4, -0.2) is 23.8 Å². The Morgan fingerprint density at radius 2 is 1.50 bits per heavy atom. The number of rotatable bonds is 4. The fourth-order valence-corrected chi connectivity index (χ4v) is 3.65. The van der Waals surface area contributed by atoms with Crippen LogP contribution >= 0.6 is 0 Å². The lowest BCUT2D eigenvalue weighted by molar-refractivity contribution is 0.0691. The third-order valence-electron chi connectivity index (χ3n) is 4.96. The molecule has 1 aliphatic rings. The zero-order chi connectivity index (χ0) is 21.4. The van der Waals surface area contributed by atoms with E-state index in [9.17, 15) is 22.8 Å². The summed E-state index contributed by atoms with van der Waals surface area (Å²) < 4.78 is 45.8. The molecule has 0 saturated carbocycles. The first kappa shape index (κ1) is 19.5. The molecule has 0 aliphatic heterocycles. The Labute approximate surface area is 168 Å². The van der Waals surface area contributed by atoms with Gasteiger partial charge in [-0.2, -0.15) is 0 Å². The van der Waals surface area contributed by atoms with Crippen molar-refractivity contribution < 1.29 is 32.6 Å². The summed E-state index contributed by atoms with van der Waals surface area (Å²) in [4.78, 5) is 23.4. The van der Waals surface area contributed by atoms with Gasteiger partial charge in [0, 0.05) is 12.0 Å². The van der Waals surface area contributed by atoms with E-state index in [4.69, 9.17) is 9.84 Å². The van der Waals surface area contributed by atoms with Crippen LogP contribution < -0.4 is 5.32 Å². The molecule has 0 unspecified atom stereocenters. The minimum absolute atomic E-state index is 0.0889. The Balaban J connectivity index is 1.55. The molecular formula is C22H14F3NO4. The maximum absolute atomic E-state index is 13.8. The third kappa shape index (κ3) is 3.26. The van der Waals surface area contributed by atoms with Gasteiger partial charge < -0.3 is 9.84 Å². The highest BCUT2D eigenvalue weighted by molar-refractivity contribution is 5.99. The Kier molecular flexibility index (Phi) is 4.91. The predicted molar refractivity (Wildman–Crippen MR) is 102 cm³/mol. The van der Waals surface area contributed by atoms with Crippen molar-refractivity contribution in [2.24, 2.45) is 0 Å². The smallest absolute Gasteiger partial charge is 0.411 e. The average molecular weight is 413 g/mol. The normalized spacial score (nSPS) is 12.2. The number of halogens is 3. The molecule has 4 rings (SSSR count). The van der Waals surface area contributed by atoms with Crippen molar-refractivity contribution in [2.75, 3.05) is 11.9 Å². The molecule has 1 aliphatic carbocycles. The van der Waals surface area contributed by atoms with Crippen molar-refractivity contribution in [1.82, 2.24) is 0 Å². The first-order chi connectivity index (χ1) is 14.4. The molecule has 8 heteroatoms. The number of nitrogens with one attached hydrogen (secondary N) is 1. The maximum atomic E-state index is 13.8. The van der Waals surface area contributed by atoms with Crippen molar-refractivity contribution in [3.8, 4) is 11.1 Å². The molecule has 3 aromatic carbocycles. The molecule has 152 valence electrons. The molecule has 0 bridgehead atoms. The van der Waals surface area contributed by atoms with E-state index in [0.717, 1.165) is 22.3 Å². The Bertz CT molecular complexity index is 1130. The summed E-state index contributed by atoms with van der Waals surface area (Å²) in [6.07, 6.45) is -1.12. The molecule has 30 heavy (non-hydrogen) atoms. The summed E-state index contributed by atoms with van der Waals surface area (Å²) >= 11 is 0. The summed E-state index contributed by atoms with van der Waals surface area (Å²) in [6, 6.07) is 15.6. The van der Waals surface area contributed by atoms with Crippen LogP contribution in [0, 0.1) is 17.5 Å². The number of carboxylic acids is 1. The molecule has 0 radical (unpaired) electrons. The van der Waals surface area contributed by atoms with E-state index in [-0.39, 0.29) is 12.5 Å². The van der Waals surface area contributed by atoms with Gasteiger partial charge in [0.1, 0.15) is 12.2 Å². The second-order valence-corrected chi connectivity index (χ2v) is 6.66. The first-order valence-electron chi connectivity index (χ1n) is 8.91. The summed E-state index contributed by atoms with van der Waals surface area (Å²) in [5.74, 6) is -7.60. The van der Waals surface area contributed by atoms with Crippen molar-refractivity contribution in [1.29, 1.82) is 0 Å². The van der Waals surface area contributed by atoms with Crippen molar-refractivity contribution in [2.45, 2.75) is 5.92 Å². The van der Waals surface area contributed by atoms with Gasteiger partial charge in [-0.05, 0) is 22.3 Å². The van der Waals surface area contributed by atoms with E-state index < -0.39 is 40.8 Å². The van der Waals surface area contributed by atoms with Crippen molar-refractivity contribution >= 4 is 17.7 Å². The van der Waals surface area contributed by atoms with Crippen LogP contribution in [0.1, 0.15) is 27.4 Å². The Morgan fingerprint density at radius 3 is 2.07 bits per heavy atom. The van der Waals surface area contributed by atoms with Crippen LogP contribution in [-0.2, 0) is 4.74 Å². The van der Waals surface area contributed by atoms with E-state index in [2.05, 4.69) is 0 Å². The monoisotopic (exact) mass is 413 g/mol. The number of carbonyl (C=O) groups excluding carboxylic acids is 1. The van der Waals surface area contributed by atoms with Gasteiger partial charge in [-0.1, -0.05) is 48.5 Å². The van der Waals surface area contributed by atoms with Gasteiger partial charge in [0.15, 0.2) is 17.5 Å². The molecule has 2 N–H and O–H groups in total. The molecular weight excluding hydrogens is 399 g/mol. The quantitative estimate of drug-likeness (QED) is 0.579.